The fraction of sp³-hybridized carbons (Fsp3) is 0.846. The van der Waals surface area contributed by atoms with Crippen molar-refractivity contribution in [1.29, 1.82) is 0 Å². The van der Waals surface area contributed by atoms with E-state index >= 15 is 0 Å². The number of ether oxygens (including phenoxy) is 1. The Morgan fingerprint density at radius 1 is 1.33 bits per heavy atom. The van der Waals surface area contributed by atoms with Crippen LogP contribution in [0.2, 0.25) is 0 Å². The summed E-state index contributed by atoms with van der Waals surface area (Å²) in [6.07, 6.45) is 2.39. The highest BCUT2D eigenvalue weighted by atomic mass is 16.5. The third-order valence-electron chi connectivity index (χ3n) is 3.15. The molecule has 1 rings (SSSR count). The number of hydrogen-bond acceptors (Lipinski definition) is 3. The van der Waals surface area contributed by atoms with Crippen molar-refractivity contribution in [3.8, 4) is 0 Å². The zero-order valence-corrected chi connectivity index (χ0v) is 11.6. The second-order valence-electron chi connectivity index (χ2n) is 4.62. The Labute approximate surface area is 109 Å². The highest BCUT2D eigenvalue weighted by molar-refractivity contribution is 5.96. The molecule has 0 aromatic carbocycles. The molecule has 2 atom stereocenters. The average molecular weight is 256 g/mol. The molecule has 0 aromatic rings. The normalized spacial score (nSPS) is 24.3. The van der Waals surface area contributed by atoms with Gasteiger partial charge in [-0.2, -0.15) is 0 Å². The van der Waals surface area contributed by atoms with Crippen LogP contribution in [0, 0.1) is 0 Å². The predicted octanol–water partition coefficient (Wildman–Crippen LogP) is 0.929. The van der Waals surface area contributed by atoms with Crippen LogP contribution in [-0.2, 0) is 14.3 Å². The van der Waals surface area contributed by atoms with Crippen molar-refractivity contribution in [2.45, 2.75) is 52.1 Å². The highest BCUT2D eigenvalue weighted by Gasteiger charge is 2.37. The number of carbonyl (C=O) groups is 2. The molecule has 1 aliphatic heterocycles. The minimum Gasteiger partial charge on any atom is -0.382 e. The maximum absolute atomic E-state index is 12.1. The molecule has 1 aliphatic rings. The van der Waals surface area contributed by atoms with Crippen LogP contribution in [0.3, 0.4) is 0 Å². The van der Waals surface area contributed by atoms with Gasteiger partial charge in [-0.15, -0.1) is 0 Å². The smallest absolute Gasteiger partial charge is 0.245 e. The number of rotatable bonds is 7. The van der Waals surface area contributed by atoms with Crippen LogP contribution in [0.5, 0.6) is 0 Å². The first kappa shape index (κ1) is 15.0. The first-order chi connectivity index (χ1) is 8.61. The van der Waals surface area contributed by atoms with E-state index in [0.717, 1.165) is 19.3 Å². The minimum absolute atomic E-state index is 0.0181. The molecule has 104 valence electrons. The van der Waals surface area contributed by atoms with E-state index in [1.54, 1.807) is 11.8 Å². The van der Waals surface area contributed by atoms with Gasteiger partial charge < -0.3 is 15.0 Å². The van der Waals surface area contributed by atoms with Crippen LogP contribution in [0.4, 0.5) is 0 Å². The molecule has 1 fully saturated rings. The predicted molar refractivity (Wildman–Crippen MR) is 69.1 cm³/mol. The maximum atomic E-state index is 12.1. The fourth-order valence-corrected chi connectivity index (χ4v) is 2.22. The lowest BCUT2D eigenvalue weighted by Crippen LogP contribution is -2.62. The van der Waals surface area contributed by atoms with Crippen LogP contribution >= 0.6 is 0 Å². The molecule has 1 heterocycles. The van der Waals surface area contributed by atoms with Crippen molar-refractivity contribution in [1.82, 2.24) is 10.2 Å². The van der Waals surface area contributed by atoms with Crippen LogP contribution < -0.4 is 5.32 Å². The summed E-state index contributed by atoms with van der Waals surface area (Å²) in [5.41, 5.74) is 0. The van der Waals surface area contributed by atoms with E-state index in [1.165, 1.54) is 0 Å². The first-order valence-electron chi connectivity index (χ1n) is 6.80. The number of nitrogens with zero attached hydrogens (tertiary/aromatic N) is 1. The second kappa shape index (κ2) is 7.36. The standard InChI is InChI=1S/C13H24N2O3/c1-4-7-11-12(16)14-10(3)13(17)15(11)8-6-9-18-5-2/h10-11H,4-9H2,1-3H3,(H,14,16). The van der Waals surface area contributed by atoms with Crippen molar-refractivity contribution < 1.29 is 14.3 Å². The molecule has 2 unspecified atom stereocenters. The van der Waals surface area contributed by atoms with Gasteiger partial charge in [0.15, 0.2) is 0 Å². The lowest BCUT2D eigenvalue weighted by atomic mass is 10.0. The molecule has 1 N–H and O–H groups in total. The number of nitrogens with one attached hydrogen (secondary N) is 1. The summed E-state index contributed by atoms with van der Waals surface area (Å²) in [6.45, 7) is 7.62. The zero-order chi connectivity index (χ0) is 13.5. The van der Waals surface area contributed by atoms with Gasteiger partial charge in [0.1, 0.15) is 12.1 Å². The molecule has 0 radical (unpaired) electrons. The highest BCUT2D eigenvalue weighted by Crippen LogP contribution is 2.15. The van der Waals surface area contributed by atoms with Gasteiger partial charge >= 0.3 is 0 Å². The molecule has 0 saturated carbocycles. The van der Waals surface area contributed by atoms with E-state index in [4.69, 9.17) is 4.74 Å². The van der Waals surface area contributed by atoms with Crippen molar-refractivity contribution in [2.75, 3.05) is 19.8 Å². The average Bonchev–Trinajstić information content (AvgIpc) is 2.34. The Hall–Kier alpha value is -1.10. The summed E-state index contributed by atoms with van der Waals surface area (Å²) >= 11 is 0. The van der Waals surface area contributed by atoms with Gasteiger partial charge in [-0.1, -0.05) is 13.3 Å². The molecule has 0 aliphatic carbocycles. The maximum Gasteiger partial charge on any atom is 0.245 e. The lowest BCUT2D eigenvalue weighted by molar-refractivity contribution is -0.149. The van der Waals surface area contributed by atoms with Crippen molar-refractivity contribution >= 4 is 11.8 Å². The van der Waals surface area contributed by atoms with Gasteiger partial charge in [0, 0.05) is 19.8 Å². The fourth-order valence-electron chi connectivity index (χ4n) is 2.22. The molecular formula is C13H24N2O3. The van der Waals surface area contributed by atoms with E-state index in [0.29, 0.717) is 19.8 Å². The molecule has 2 amide bonds. The molecule has 5 heteroatoms. The molecule has 1 saturated heterocycles. The largest absolute Gasteiger partial charge is 0.382 e. The van der Waals surface area contributed by atoms with Crippen LogP contribution in [0.1, 0.15) is 40.0 Å². The van der Waals surface area contributed by atoms with E-state index in [1.807, 2.05) is 13.8 Å². The Kier molecular flexibility index (Phi) is 6.12. The molecule has 0 aromatic heterocycles. The van der Waals surface area contributed by atoms with Crippen molar-refractivity contribution in [3.63, 3.8) is 0 Å². The monoisotopic (exact) mass is 256 g/mol. The number of hydrogen-bond donors (Lipinski definition) is 1. The number of amides is 2. The van der Waals surface area contributed by atoms with Gasteiger partial charge in [0.2, 0.25) is 11.8 Å². The summed E-state index contributed by atoms with van der Waals surface area (Å²) in [6, 6.07) is -0.710. The third kappa shape index (κ3) is 3.70. The Balaban J connectivity index is 2.60. The summed E-state index contributed by atoms with van der Waals surface area (Å²) in [5.74, 6) is -0.00934. The van der Waals surface area contributed by atoms with Crippen molar-refractivity contribution in [2.24, 2.45) is 0 Å². The Morgan fingerprint density at radius 3 is 2.67 bits per heavy atom. The van der Waals surface area contributed by atoms with Gasteiger partial charge in [-0.25, -0.2) is 0 Å². The van der Waals surface area contributed by atoms with Crippen molar-refractivity contribution in [3.05, 3.63) is 0 Å². The SMILES string of the molecule is CCCC1C(=O)NC(C)C(=O)N1CCCOCC. The Bertz CT molecular complexity index is 294. The lowest BCUT2D eigenvalue weighted by Gasteiger charge is -2.38. The summed E-state index contributed by atoms with van der Waals surface area (Å²) in [7, 11) is 0. The molecular weight excluding hydrogens is 232 g/mol. The third-order valence-corrected chi connectivity index (χ3v) is 3.15. The number of carbonyl (C=O) groups excluding carboxylic acids is 2. The summed E-state index contributed by atoms with van der Waals surface area (Å²) in [4.78, 5) is 25.7. The van der Waals surface area contributed by atoms with Gasteiger partial charge in [-0.3, -0.25) is 9.59 Å². The topological polar surface area (TPSA) is 58.6 Å². The molecule has 0 spiro atoms. The first-order valence-corrected chi connectivity index (χ1v) is 6.80. The van der Waals surface area contributed by atoms with Gasteiger partial charge in [0.25, 0.3) is 0 Å². The van der Waals surface area contributed by atoms with E-state index in [2.05, 4.69) is 5.32 Å². The summed E-state index contributed by atoms with van der Waals surface area (Å²) in [5, 5.41) is 2.73. The molecule has 18 heavy (non-hydrogen) atoms. The van der Waals surface area contributed by atoms with E-state index < -0.39 is 6.04 Å². The molecule has 0 bridgehead atoms. The Morgan fingerprint density at radius 2 is 2.06 bits per heavy atom. The zero-order valence-electron chi connectivity index (χ0n) is 11.6. The van der Waals surface area contributed by atoms with Crippen LogP contribution in [0.15, 0.2) is 0 Å². The van der Waals surface area contributed by atoms with E-state index in [-0.39, 0.29) is 17.9 Å². The van der Waals surface area contributed by atoms with E-state index in [9.17, 15) is 9.59 Å². The van der Waals surface area contributed by atoms with Crippen LogP contribution in [0.25, 0.3) is 0 Å². The quantitative estimate of drug-likeness (QED) is 0.689. The molecule has 5 nitrogen and oxygen atoms in total. The summed E-state index contributed by atoms with van der Waals surface area (Å²) < 4.78 is 5.27. The van der Waals surface area contributed by atoms with Gasteiger partial charge in [0.05, 0.1) is 0 Å². The number of piperazine rings is 1. The van der Waals surface area contributed by atoms with Gasteiger partial charge in [-0.05, 0) is 26.7 Å². The second-order valence-corrected chi connectivity index (χ2v) is 4.62. The minimum atomic E-state index is -0.405. The van der Waals surface area contributed by atoms with Crippen LogP contribution in [-0.4, -0.2) is 48.6 Å².